The van der Waals surface area contributed by atoms with Crippen LogP contribution in [-0.4, -0.2) is 24.3 Å². The largest absolute Gasteiger partial charge is 0.480 e. The van der Waals surface area contributed by atoms with Crippen molar-refractivity contribution in [3.05, 3.63) is 28.2 Å². The highest BCUT2D eigenvalue weighted by Crippen LogP contribution is 2.25. The van der Waals surface area contributed by atoms with Crippen molar-refractivity contribution >= 4 is 27.6 Å². The third-order valence-corrected chi connectivity index (χ3v) is 3.17. The van der Waals surface area contributed by atoms with E-state index in [1.54, 1.807) is 25.1 Å². The molecule has 0 aliphatic carbocycles. The highest BCUT2D eigenvalue weighted by molar-refractivity contribution is 9.10. The smallest absolute Gasteiger partial charge is 0.260 e. The molecule has 1 rings (SSSR count). The number of Topliss-reactive ketones (excluding diaryl/α,β-unsaturated/α-hetero) is 1. The summed E-state index contributed by atoms with van der Waals surface area (Å²) in [6, 6.07) is 5.15. The summed E-state index contributed by atoms with van der Waals surface area (Å²) < 4.78 is 6.42. The van der Waals surface area contributed by atoms with E-state index >= 15 is 0 Å². The average molecular weight is 342 g/mol. The molecule has 0 radical (unpaired) electrons. The molecule has 0 heterocycles. The lowest BCUT2D eigenvalue weighted by Crippen LogP contribution is -2.38. The number of hydrogen-bond acceptors (Lipinski definition) is 3. The molecule has 0 saturated carbocycles. The van der Waals surface area contributed by atoms with Crippen LogP contribution in [0.15, 0.2) is 22.7 Å². The lowest BCUT2D eigenvalue weighted by atomic mass is 10.1. The number of carbonyl (C=O) groups excluding carboxylic acids is 2. The molecule has 0 fully saturated rings. The van der Waals surface area contributed by atoms with E-state index in [1.807, 2.05) is 13.8 Å². The van der Waals surface area contributed by atoms with Crippen molar-refractivity contribution in [3.8, 4) is 5.75 Å². The Morgan fingerprint density at radius 3 is 2.50 bits per heavy atom. The Balaban J connectivity index is 2.79. The van der Waals surface area contributed by atoms with E-state index in [0.717, 1.165) is 4.47 Å². The molecule has 1 atom stereocenters. The van der Waals surface area contributed by atoms with E-state index in [2.05, 4.69) is 21.2 Å². The highest BCUT2D eigenvalue weighted by Gasteiger charge is 2.18. The van der Waals surface area contributed by atoms with Gasteiger partial charge in [-0.2, -0.15) is 0 Å². The van der Waals surface area contributed by atoms with Crippen molar-refractivity contribution in [1.82, 2.24) is 5.32 Å². The normalized spacial score (nSPS) is 12.1. The fourth-order valence-electron chi connectivity index (χ4n) is 1.58. The zero-order chi connectivity index (χ0) is 15.3. The Labute approximate surface area is 128 Å². The summed E-state index contributed by atoms with van der Waals surface area (Å²) in [6.07, 6.45) is -0.652. The molecule has 0 bridgehead atoms. The monoisotopic (exact) mass is 341 g/mol. The van der Waals surface area contributed by atoms with Crippen molar-refractivity contribution in [2.24, 2.45) is 5.92 Å². The lowest BCUT2D eigenvalue weighted by molar-refractivity contribution is -0.127. The van der Waals surface area contributed by atoms with Gasteiger partial charge in [-0.15, -0.1) is 0 Å². The first kappa shape index (κ1) is 16.7. The zero-order valence-corrected chi connectivity index (χ0v) is 13.8. The predicted molar refractivity (Wildman–Crippen MR) is 82.1 cm³/mol. The second kappa shape index (κ2) is 7.43. The molecule has 0 aliphatic rings. The second-order valence-corrected chi connectivity index (χ2v) is 6.01. The van der Waals surface area contributed by atoms with E-state index in [-0.39, 0.29) is 11.7 Å². The minimum Gasteiger partial charge on any atom is -0.480 e. The van der Waals surface area contributed by atoms with E-state index < -0.39 is 6.10 Å². The minimum absolute atomic E-state index is 0.0951. The third kappa shape index (κ3) is 4.96. The SMILES string of the molecule is CC(=O)c1ccc(Br)cc1OC(C)C(=O)NCC(C)C. The number of rotatable bonds is 6. The molecule has 1 amide bonds. The van der Waals surface area contributed by atoms with Gasteiger partial charge in [0.25, 0.3) is 5.91 Å². The molecular weight excluding hydrogens is 322 g/mol. The van der Waals surface area contributed by atoms with Gasteiger partial charge in [-0.25, -0.2) is 0 Å². The molecule has 1 aromatic rings. The number of benzene rings is 1. The van der Waals surface area contributed by atoms with Crippen molar-refractivity contribution in [2.75, 3.05) is 6.54 Å². The van der Waals surface area contributed by atoms with Crippen molar-refractivity contribution < 1.29 is 14.3 Å². The molecule has 1 unspecified atom stereocenters. The maximum absolute atomic E-state index is 11.9. The van der Waals surface area contributed by atoms with Crippen LogP contribution in [0.2, 0.25) is 0 Å². The zero-order valence-electron chi connectivity index (χ0n) is 12.2. The maximum Gasteiger partial charge on any atom is 0.260 e. The van der Waals surface area contributed by atoms with Gasteiger partial charge in [-0.1, -0.05) is 29.8 Å². The quantitative estimate of drug-likeness (QED) is 0.808. The lowest BCUT2D eigenvalue weighted by Gasteiger charge is -2.17. The third-order valence-electron chi connectivity index (χ3n) is 2.68. The minimum atomic E-state index is -0.652. The number of halogens is 1. The van der Waals surface area contributed by atoms with Crippen molar-refractivity contribution in [2.45, 2.75) is 33.8 Å². The van der Waals surface area contributed by atoms with Crippen molar-refractivity contribution in [1.29, 1.82) is 0 Å². The van der Waals surface area contributed by atoms with E-state index in [4.69, 9.17) is 4.74 Å². The molecule has 0 aliphatic heterocycles. The number of nitrogens with one attached hydrogen (secondary N) is 1. The van der Waals surface area contributed by atoms with Crippen LogP contribution in [0.5, 0.6) is 5.75 Å². The average Bonchev–Trinajstić information content (AvgIpc) is 2.35. The Hall–Kier alpha value is -1.36. The van der Waals surface area contributed by atoms with Crippen LogP contribution >= 0.6 is 15.9 Å². The Morgan fingerprint density at radius 2 is 1.95 bits per heavy atom. The Bertz CT molecular complexity index is 500. The van der Waals surface area contributed by atoms with Crippen LogP contribution in [-0.2, 0) is 4.79 Å². The second-order valence-electron chi connectivity index (χ2n) is 5.10. The standard InChI is InChI=1S/C15H20BrNO3/c1-9(2)8-17-15(19)11(4)20-14-7-12(16)5-6-13(14)10(3)18/h5-7,9,11H,8H2,1-4H3,(H,17,19). The molecule has 0 saturated heterocycles. The summed E-state index contributed by atoms with van der Waals surface area (Å²) >= 11 is 3.33. The van der Waals surface area contributed by atoms with Gasteiger partial charge in [0, 0.05) is 11.0 Å². The molecule has 110 valence electrons. The van der Waals surface area contributed by atoms with Gasteiger partial charge in [-0.3, -0.25) is 9.59 Å². The summed E-state index contributed by atoms with van der Waals surface area (Å²) in [4.78, 5) is 23.4. The number of hydrogen-bond donors (Lipinski definition) is 1. The molecule has 1 N–H and O–H groups in total. The van der Waals surface area contributed by atoms with Gasteiger partial charge in [0.05, 0.1) is 5.56 Å². The molecule has 20 heavy (non-hydrogen) atoms. The Morgan fingerprint density at radius 1 is 1.30 bits per heavy atom. The summed E-state index contributed by atoms with van der Waals surface area (Å²) in [6.45, 7) is 7.78. The van der Waals surface area contributed by atoms with Crippen LogP contribution in [0.4, 0.5) is 0 Å². The number of amides is 1. The maximum atomic E-state index is 11.9. The first-order valence-electron chi connectivity index (χ1n) is 6.56. The van der Waals surface area contributed by atoms with Gasteiger partial charge in [-0.05, 0) is 38.0 Å². The molecule has 4 nitrogen and oxygen atoms in total. The van der Waals surface area contributed by atoms with Gasteiger partial charge >= 0.3 is 0 Å². The number of carbonyl (C=O) groups is 2. The summed E-state index contributed by atoms with van der Waals surface area (Å²) in [7, 11) is 0. The van der Waals surface area contributed by atoms with Gasteiger partial charge in [0.1, 0.15) is 5.75 Å². The molecule has 0 aromatic heterocycles. The van der Waals surface area contributed by atoms with Crippen LogP contribution in [0.25, 0.3) is 0 Å². The van der Waals surface area contributed by atoms with Crippen LogP contribution in [0.1, 0.15) is 38.1 Å². The molecule has 0 spiro atoms. The first-order valence-corrected chi connectivity index (χ1v) is 7.35. The van der Waals surface area contributed by atoms with Gasteiger partial charge in [0.15, 0.2) is 11.9 Å². The number of ketones is 1. The first-order chi connectivity index (χ1) is 9.31. The van der Waals surface area contributed by atoms with E-state index in [0.29, 0.717) is 23.8 Å². The van der Waals surface area contributed by atoms with Crippen LogP contribution in [0.3, 0.4) is 0 Å². The molecular formula is C15H20BrNO3. The summed E-state index contributed by atoms with van der Waals surface area (Å²) in [5.74, 6) is 0.513. The fourth-order valence-corrected chi connectivity index (χ4v) is 1.92. The highest BCUT2D eigenvalue weighted by atomic mass is 79.9. The van der Waals surface area contributed by atoms with Crippen molar-refractivity contribution in [3.63, 3.8) is 0 Å². The van der Waals surface area contributed by atoms with Crippen LogP contribution in [0, 0.1) is 5.92 Å². The molecule has 1 aromatic carbocycles. The topological polar surface area (TPSA) is 55.4 Å². The van der Waals surface area contributed by atoms with E-state index in [9.17, 15) is 9.59 Å². The molecule has 5 heteroatoms. The van der Waals surface area contributed by atoms with Gasteiger partial charge in [0.2, 0.25) is 0 Å². The Kier molecular flexibility index (Phi) is 6.20. The summed E-state index contributed by atoms with van der Waals surface area (Å²) in [5, 5.41) is 2.80. The van der Waals surface area contributed by atoms with Crippen LogP contribution < -0.4 is 10.1 Å². The van der Waals surface area contributed by atoms with Gasteiger partial charge < -0.3 is 10.1 Å². The number of ether oxygens (including phenoxy) is 1. The van der Waals surface area contributed by atoms with E-state index in [1.165, 1.54) is 6.92 Å². The fraction of sp³-hybridized carbons (Fsp3) is 0.467. The summed E-state index contributed by atoms with van der Waals surface area (Å²) in [5.41, 5.74) is 0.469. The predicted octanol–water partition coefficient (Wildman–Crippen LogP) is 3.19.